The molecule has 4 rings (SSSR count). The van der Waals surface area contributed by atoms with Gasteiger partial charge in [0.25, 0.3) is 0 Å². The second-order valence-electron chi connectivity index (χ2n) is 8.45. The average molecular weight is 532 g/mol. The number of nitrogens with two attached hydrogens (primary N) is 1. The Morgan fingerprint density at radius 3 is 2.34 bits per heavy atom. The van der Waals surface area contributed by atoms with Gasteiger partial charge in [-0.15, -0.1) is 0 Å². The second-order valence-corrected chi connectivity index (χ2v) is 10.2. The van der Waals surface area contributed by atoms with Gasteiger partial charge in [-0.3, -0.25) is 9.36 Å². The number of halogens is 4. The zero-order chi connectivity index (χ0) is 25.3. The number of amides is 1. The molecular weight excluding hydrogens is 511 g/mol. The van der Waals surface area contributed by atoms with Crippen LogP contribution >= 0.6 is 35.0 Å². The molecule has 0 radical (unpaired) electrons. The second kappa shape index (κ2) is 10.0. The van der Waals surface area contributed by atoms with Crippen molar-refractivity contribution in [3.8, 4) is 5.69 Å². The van der Waals surface area contributed by atoms with E-state index in [1.165, 1.54) is 36.0 Å². The zero-order valence-electron chi connectivity index (χ0n) is 18.9. The standard InChI is InChI=1S/C26H21Cl2F2N3OS/c1-26(2,16-4-10-21(27)22(28)11-16)23-13-32-25(33(23)19-8-6-17(29)7-9-19)35-14-15-3-5-18(30)12-20(15)24(31)34/h3-13H,14H2,1-2H3,(H2,31,34). The van der Waals surface area contributed by atoms with Crippen molar-refractivity contribution in [1.82, 2.24) is 9.55 Å². The van der Waals surface area contributed by atoms with Crippen molar-refractivity contribution < 1.29 is 13.6 Å². The quantitative estimate of drug-likeness (QED) is 0.257. The first kappa shape index (κ1) is 25.2. The van der Waals surface area contributed by atoms with Gasteiger partial charge in [0, 0.05) is 22.4 Å². The van der Waals surface area contributed by atoms with Crippen LogP contribution in [0, 0.1) is 11.6 Å². The zero-order valence-corrected chi connectivity index (χ0v) is 21.2. The summed E-state index contributed by atoms with van der Waals surface area (Å²) in [6.45, 7) is 4.06. The molecule has 0 saturated carbocycles. The van der Waals surface area contributed by atoms with E-state index in [0.29, 0.717) is 32.2 Å². The monoisotopic (exact) mass is 531 g/mol. The summed E-state index contributed by atoms with van der Waals surface area (Å²) in [6, 6.07) is 15.5. The van der Waals surface area contributed by atoms with Crippen LogP contribution in [0.2, 0.25) is 10.0 Å². The molecule has 0 unspecified atom stereocenters. The van der Waals surface area contributed by atoms with E-state index < -0.39 is 17.1 Å². The first-order valence-electron chi connectivity index (χ1n) is 10.6. The van der Waals surface area contributed by atoms with Crippen LogP contribution in [0.5, 0.6) is 0 Å². The summed E-state index contributed by atoms with van der Waals surface area (Å²) in [5.41, 5.74) is 8.06. The van der Waals surface area contributed by atoms with Crippen molar-refractivity contribution in [3.63, 3.8) is 0 Å². The van der Waals surface area contributed by atoms with Crippen molar-refractivity contribution in [2.75, 3.05) is 0 Å². The minimum Gasteiger partial charge on any atom is -0.366 e. The molecule has 9 heteroatoms. The number of carbonyl (C=O) groups is 1. The molecule has 0 bridgehead atoms. The van der Waals surface area contributed by atoms with Gasteiger partial charge in [-0.2, -0.15) is 0 Å². The lowest BCUT2D eigenvalue weighted by Gasteiger charge is -2.28. The van der Waals surface area contributed by atoms with E-state index in [9.17, 15) is 13.6 Å². The first-order chi connectivity index (χ1) is 16.6. The fraction of sp³-hybridized carbons (Fsp3) is 0.154. The van der Waals surface area contributed by atoms with Crippen LogP contribution in [-0.2, 0) is 11.2 Å². The number of benzene rings is 3. The van der Waals surface area contributed by atoms with Crippen molar-refractivity contribution in [3.05, 3.63) is 111 Å². The van der Waals surface area contributed by atoms with Crippen LogP contribution in [0.1, 0.15) is 41.0 Å². The largest absolute Gasteiger partial charge is 0.366 e. The van der Waals surface area contributed by atoms with Gasteiger partial charge in [0.1, 0.15) is 11.6 Å². The first-order valence-corrected chi connectivity index (χ1v) is 12.3. The number of nitrogens with zero attached hydrogens (tertiary/aromatic N) is 2. The van der Waals surface area contributed by atoms with Crippen molar-refractivity contribution in [2.45, 2.75) is 30.2 Å². The van der Waals surface area contributed by atoms with Gasteiger partial charge < -0.3 is 5.73 Å². The third-order valence-electron chi connectivity index (χ3n) is 5.79. The number of primary amides is 1. The van der Waals surface area contributed by atoms with Crippen molar-refractivity contribution in [1.29, 1.82) is 0 Å². The van der Waals surface area contributed by atoms with E-state index in [2.05, 4.69) is 4.98 Å². The van der Waals surface area contributed by atoms with Gasteiger partial charge in [0.15, 0.2) is 5.16 Å². The maximum atomic E-state index is 13.7. The summed E-state index contributed by atoms with van der Waals surface area (Å²) < 4.78 is 29.3. The van der Waals surface area contributed by atoms with Gasteiger partial charge in [0.2, 0.25) is 5.91 Å². The summed E-state index contributed by atoms with van der Waals surface area (Å²) in [4.78, 5) is 16.5. The van der Waals surface area contributed by atoms with Crippen LogP contribution in [0.15, 0.2) is 72.0 Å². The maximum Gasteiger partial charge on any atom is 0.249 e. The third kappa shape index (κ3) is 5.22. The van der Waals surface area contributed by atoms with Gasteiger partial charge >= 0.3 is 0 Å². The SMILES string of the molecule is CC(C)(c1ccc(Cl)c(Cl)c1)c1cnc(SCc2ccc(F)cc2C(N)=O)n1-c1ccc(F)cc1. The Kier molecular flexibility index (Phi) is 7.22. The van der Waals surface area contributed by atoms with Crippen LogP contribution < -0.4 is 5.73 Å². The van der Waals surface area contributed by atoms with E-state index in [-0.39, 0.29) is 11.4 Å². The number of imidazole rings is 1. The number of aromatic nitrogens is 2. The van der Waals surface area contributed by atoms with Gasteiger partial charge in [0.05, 0.1) is 21.9 Å². The lowest BCUT2D eigenvalue weighted by Crippen LogP contribution is -2.23. The molecule has 1 heterocycles. The fourth-order valence-corrected chi connectivity index (χ4v) is 5.09. The molecule has 1 amide bonds. The van der Waals surface area contributed by atoms with Crippen molar-refractivity contribution >= 4 is 40.9 Å². The maximum absolute atomic E-state index is 13.7. The number of thioether (sulfide) groups is 1. The minimum absolute atomic E-state index is 0.119. The topological polar surface area (TPSA) is 60.9 Å². The van der Waals surface area contributed by atoms with Gasteiger partial charge in [-0.25, -0.2) is 13.8 Å². The molecule has 4 aromatic rings. The number of rotatable bonds is 7. The molecule has 0 atom stereocenters. The summed E-state index contributed by atoms with van der Waals surface area (Å²) >= 11 is 13.8. The van der Waals surface area contributed by atoms with E-state index in [1.54, 1.807) is 24.4 Å². The average Bonchev–Trinajstić information content (AvgIpc) is 3.25. The Balaban J connectivity index is 1.79. The predicted octanol–water partition coefficient (Wildman–Crippen LogP) is 7.17. The molecule has 0 aliphatic rings. The van der Waals surface area contributed by atoms with Gasteiger partial charge in [-0.05, 0) is 59.7 Å². The summed E-state index contributed by atoms with van der Waals surface area (Å²) in [6.07, 6.45) is 1.76. The molecule has 2 N–H and O–H groups in total. The Bertz CT molecular complexity index is 1400. The number of hydrogen-bond acceptors (Lipinski definition) is 3. The lowest BCUT2D eigenvalue weighted by atomic mass is 9.81. The summed E-state index contributed by atoms with van der Waals surface area (Å²) in [5.74, 6) is -1.27. The van der Waals surface area contributed by atoms with E-state index >= 15 is 0 Å². The number of hydrogen-bond donors (Lipinski definition) is 1. The molecule has 0 fully saturated rings. The summed E-state index contributed by atoms with van der Waals surface area (Å²) in [5, 5.41) is 1.51. The normalized spacial score (nSPS) is 11.6. The van der Waals surface area contributed by atoms with E-state index in [0.717, 1.165) is 17.3 Å². The fourth-order valence-electron chi connectivity index (χ4n) is 3.80. The van der Waals surface area contributed by atoms with Crippen LogP contribution in [0.3, 0.4) is 0 Å². The molecule has 0 aliphatic carbocycles. The Morgan fingerprint density at radius 2 is 1.69 bits per heavy atom. The molecular formula is C26H21Cl2F2N3OS. The van der Waals surface area contributed by atoms with E-state index in [4.69, 9.17) is 28.9 Å². The number of carbonyl (C=O) groups excluding carboxylic acids is 1. The molecule has 1 aromatic heterocycles. The molecule has 180 valence electrons. The van der Waals surface area contributed by atoms with Crippen LogP contribution in [-0.4, -0.2) is 15.5 Å². The highest BCUT2D eigenvalue weighted by Gasteiger charge is 2.30. The van der Waals surface area contributed by atoms with E-state index in [1.807, 2.05) is 30.5 Å². The molecule has 0 aliphatic heterocycles. The molecule has 0 saturated heterocycles. The predicted molar refractivity (Wildman–Crippen MR) is 137 cm³/mol. The third-order valence-corrected chi connectivity index (χ3v) is 7.53. The highest BCUT2D eigenvalue weighted by atomic mass is 35.5. The Labute approximate surface area is 216 Å². The molecule has 3 aromatic carbocycles. The van der Waals surface area contributed by atoms with Crippen LogP contribution in [0.25, 0.3) is 5.69 Å². The molecule has 0 spiro atoms. The minimum atomic E-state index is -0.705. The Morgan fingerprint density at radius 1 is 1.00 bits per heavy atom. The highest BCUT2D eigenvalue weighted by Crippen LogP contribution is 2.38. The molecule has 4 nitrogen and oxygen atoms in total. The van der Waals surface area contributed by atoms with Crippen molar-refractivity contribution in [2.24, 2.45) is 5.73 Å². The highest BCUT2D eigenvalue weighted by molar-refractivity contribution is 7.98. The smallest absolute Gasteiger partial charge is 0.249 e. The Hall–Kier alpha value is -2.87. The lowest BCUT2D eigenvalue weighted by molar-refractivity contribution is 0.0999. The van der Waals surface area contributed by atoms with Gasteiger partial charge in [-0.1, -0.05) is 60.9 Å². The van der Waals surface area contributed by atoms with Crippen LogP contribution in [0.4, 0.5) is 8.78 Å². The molecule has 35 heavy (non-hydrogen) atoms. The summed E-state index contributed by atoms with van der Waals surface area (Å²) in [7, 11) is 0.